The summed E-state index contributed by atoms with van der Waals surface area (Å²) in [5, 5.41) is 8.57. The third-order valence-corrected chi connectivity index (χ3v) is 5.85. The molecule has 2 amide bonds. The monoisotopic (exact) mass is 512 g/mol. The topological polar surface area (TPSA) is 73.8 Å². The molecule has 2 aromatic rings. The Morgan fingerprint density at radius 3 is 2.25 bits per heavy atom. The fourth-order valence-electron chi connectivity index (χ4n) is 3.00. The van der Waals surface area contributed by atoms with Crippen molar-refractivity contribution in [1.29, 1.82) is 0 Å². The first-order valence-electron chi connectivity index (χ1n) is 8.88. The number of nitrogens with one attached hydrogen (secondary N) is 2. The first-order valence-corrected chi connectivity index (χ1v) is 9.76. The standard InChI is InChI=1S/C20H24N4O2S.HI/c1-20(2,16-9-6-12-27-16)13-23-19(21-3)22-10-11-24-17(25)14-7-4-5-8-15(14)18(24)26;/h4-9,12H,10-11,13H2,1-3H3,(H2,21,22,23);1H. The molecule has 2 heterocycles. The number of rotatable bonds is 6. The van der Waals surface area contributed by atoms with E-state index in [1.807, 2.05) is 0 Å². The second-order valence-corrected chi connectivity index (χ2v) is 7.97. The number of guanidine groups is 1. The number of nitrogens with zero attached hydrogens (tertiary/aromatic N) is 2. The molecule has 8 heteroatoms. The van der Waals surface area contributed by atoms with Crippen molar-refractivity contribution in [2.45, 2.75) is 19.3 Å². The van der Waals surface area contributed by atoms with Gasteiger partial charge in [0.1, 0.15) is 0 Å². The molecule has 1 aliphatic rings. The minimum absolute atomic E-state index is 0. The lowest BCUT2D eigenvalue weighted by Crippen LogP contribution is -2.46. The number of halogens is 1. The van der Waals surface area contributed by atoms with E-state index in [0.717, 1.165) is 6.54 Å². The summed E-state index contributed by atoms with van der Waals surface area (Å²) in [6.45, 7) is 5.81. The quantitative estimate of drug-likeness (QED) is 0.270. The molecule has 0 bridgehead atoms. The lowest BCUT2D eigenvalue weighted by Gasteiger charge is -2.25. The Hall–Kier alpha value is -1.94. The predicted molar refractivity (Wildman–Crippen MR) is 124 cm³/mol. The summed E-state index contributed by atoms with van der Waals surface area (Å²) in [5.41, 5.74) is 0.930. The van der Waals surface area contributed by atoms with Gasteiger partial charge in [0.05, 0.1) is 11.1 Å². The maximum Gasteiger partial charge on any atom is 0.261 e. The van der Waals surface area contributed by atoms with Crippen LogP contribution in [0.5, 0.6) is 0 Å². The van der Waals surface area contributed by atoms with Gasteiger partial charge >= 0.3 is 0 Å². The van der Waals surface area contributed by atoms with Gasteiger partial charge in [-0.05, 0) is 23.6 Å². The molecular formula is C20H25IN4O2S. The van der Waals surface area contributed by atoms with Crippen LogP contribution in [0.1, 0.15) is 39.4 Å². The van der Waals surface area contributed by atoms with Crippen molar-refractivity contribution in [3.8, 4) is 0 Å². The number of carbonyl (C=O) groups is 2. The molecule has 0 unspecified atom stereocenters. The zero-order valence-electron chi connectivity index (χ0n) is 16.2. The summed E-state index contributed by atoms with van der Waals surface area (Å²) >= 11 is 1.74. The Morgan fingerprint density at radius 1 is 1.07 bits per heavy atom. The smallest absolute Gasteiger partial charge is 0.261 e. The van der Waals surface area contributed by atoms with E-state index < -0.39 is 0 Å². The molecule has 0 fully saturated rings. The van der Waals surface area contributed by atoms with Crippen molar-refractivity contribution in [3.63, 3.8) is 0 Å². The number of fused-ring (bicyclic) bond motifs is 1. The molecule has 1 aliphatic heterocycles. The average molecular weight is 512 g/mol. The van der Waals surface area contributed by atoms with Crippen molar-refractivity contribution < 1.29 is 9.59 Å². The zero-order valence-corrected chi connectivity index (χ0v) is 19.3. The van der Waals surface area contributed by atoms with Gasteiger partial charge in [-0.15, -0.1) is 35.3 Å². The molecule has 0 spiro atoms. The van der Waals surface area contributed by atoms with Crippen LogP contribution in [0.3, 0.4) is 0 Å². The van der Waals surface area contributed by atoms with Crippen molar-refractivity contribution in [2.75, 3.05) is 26.7 Å². The molecule has 150 valence electrons. The summed E-state index contributed by atoms with van der Waals surface area (Å²) in [6, 6.07) is 11.1. The van der Waals surface area contributed by atoms with E-state index in [-0.39, 0.29) is 41.2 Å². The zero-order chi connectivity index (χ0) is 19.4. The van der Waals surface area contributed by atoms with Crippen molar-refractivity contribution >= 4 is 53.1 Å². The highest BCUT2D eigenvalue weighted by Crippen LogP contribution is 2.26. The van der Waals surface area contributed by atoms with Crippen LogP contribution in [-0.4, -0.2) is 49.4 Å². The number of imide groups is 1. The summed E-state index contributed by atoms with van der Waals surface area (Å²) < 4.78 is 0. The molecule has 3 rings (SSSR count). The van der Waals surface area contributed by atoms with Gasteiger partial charge in [0.25, 0.3) is 11.8 Å². The van der Waals surface area contributed by atoms with Crippen molar-refractivity contribution in [3.05, 3.63) is 57.8 Å². The molecule has 0 saturated heterocycles. The van der Waals surface area contributed by atoms with Crippen molar-refractivity contribution in [2.24, 2.45) is 4.99 Å². The summed E-state index contributed by atoms with van der Waals surface area (Å²) in [4.78, 5) is 31.6. The molecule has 1 aromatic heterocycles. The van der Waals surface area contributed by atoms with E-state index >= 15 is 0 Å². The van der Waals surface area contributed by atoms with E-state index in [2.05, 4.69) is 47.0 Å². The third kappa shape index (κ3) is 4.72. The Kier molecular flexibility index (Phi) is 7.59. The molecule has 6 nitrogen and oxygen atoms in total. The fraction of sp³-hybridized carbons (Fsp3) is 0.350. The maximum atomic E-state index is 12.4. The van der Waals surface area contributed by atoms with Gasteiger partial charge in [0.2, 0.25) is 0 Å². The van der Waals surface area contributed by atoms with Gasteiger partial charge in [-0.1, -0.05) is 32.0 Å². The Balaban J connectivity index is 0.00000280. The van der Waals surface area contributed by atoms with Gasteiger partial charge in [0.15, 0.2) is 5.96 Å². The highest BCUT2D eigenvalue weighted by atomic mass is 127. The highest BCUT2D eigenvalue weighted by molar-refractivity contribution is 14.0. The van der Waals surface area contributed by atoms with E-state index in [4.69, 9.17) is 0 Å². The number of carbonyl (C=O) groups excluding carboxylic acids is 2. The maximum absolute atomic E-state index is 12.4. The van der Waals surface area contributed by atoms with Crippen LogP contribution in [-0.2, 0) is 5.41 Å². The van der Waals surface area contributed by atoms with Crippen LogP contribution < -0.4 is 10.6 Å². The lowest BCUT2D eigenvalue weighted by atomic mass is 9.91. The summed E-state index contributed by atoms with van der Waals surface area (Å²) in [7, 11) is 1.70. The van der Waals surface area contributed by atoms with Gasteiger partial charge in [-0.3, -0.25) is 19.5 Å². The van der Waals surface area contributed by atoms with Crippen molar-refractivity contribution in [1.82, 2.24) is 15.5 Å². The number of amides is 2. The SMILES string of the molecule is CN=C(NCCN1C(=O)c2ccccc2C1=O)NCC(C)(C)c1cccs1.I. The fourth-order valence-corrected chi connectivity index (χ4v) is 3.86. The van der Waals surface area contributed by atoms with Crippen LogP contribution in [0.4, 0.5) is 0 Å². The van der Waals surface area contributed by atoms with Gasteiger partial charge in [0, 0.05) is 37.0 Å². The van der Waals surface area contributed by atoms with Crippen LogP contribution >= 0.6 is 35.3 Å². The molecule has 2 N–H and O–H groups in total. The van der Waals surface area contributed by atoms with Gasteiger partial charge in [-0.2, -0.15) is 0 Å². The van der Waals surface area contributed by atoms with Crippen LogP contribution in [0, 0.1) is 0 Å². The van der Waals surface area contributed by atoms with Gasteiger partial charge in [-0.25, -0.2) is 0 Å². The van der Waals surface area contributed by atoms with Crippen LogP contribution in [0.15, 0.2) is 46.8 Å². The molecule has 0 radical (unpaired) electrons. The number of aliphatic imine (C=N–C) groups is 1. The molecule has 0 saturated carbocycles. The lowest BCUT2D eigenvalue weighted by molar-refractivity contribution is 0.0657. The number of thiophene rings is 1. The summed E-state index contributed by atoms with van der Waals surface area (Å²) in [6.07, 6.45) is 0. The van der Waals surface area contributed by atoms with Crippen LogP contribution in [0.25, 0.3) is 0 Å². The second kappa shape index (κ2) is 9.51. The highest BCUT2D eigenvalue weighted by Gasteiger charge is 2.34. The Morgan fingerprint density at radius 2 is 1.71 bits per heavy atom. The largest absolute Gasteiger partial charge is 0.356 e. The van der Waals surface area contributed by atoms with Crippen LogP contribution in [0.2, 0.25) is 0 Å². The van der Waals surface area contributed by atoms with Gasteiger partial charge < -0.3 is 10.6 Å². The van der Waals surface area contributed by atoms with E-state index in [0.29, 0.717) is 30.2 Å². The number of hydrogen-bond acceptors (Lipinski definition) is 4. The van der Waals surface area contributed by atoms with E-state index in [1.165, 1.54) is 9.78 Å². The Labute approximate surface area is 186 Å². The minimum Gasteiger partial charge on any atom is -0.356 e. The number of hydrogen-bond donors (Lipinski definition) is 2. The molecule has 0 atom stereocenters. The molecule has 28 heavy (non-hydrogen) atoms. The molecule has 0 aliphatic carbocycles. The normalized spacial score (nSPS) is 14.0. The summed E-state index contributed by atoms with van der Waals surface area (Å²) in [5.74, 6) is 0.176. The second-order valence-electron chi connectivity index (χ2n) is 7.02. The molecular weight excluding hydrogens is 487 g/mol. The minimum atomic E-state index is -0.237. The van der Waals surface area contributed by atoms with E-state index in [9.17, 15) is 9.59 Å². The third-order valence-electron chi connectivity index (χ3n) is 4.62. The van der Waals surface area contributed by atoms with E-state index in [1.54, 1.807) is 42.6 Å². The average Bonchev–Trinajstić information content (AvgIpc) is 3.29. The number of benzene rings is 1. The first-order chi connectivity index (χ1) is 12.9. The predicted octanol–water partition coefficient (Wildman–Crippen LogP) is 3.10. The molecule has 1 aromatic carbocycles. The first kappa shape index (κ1) is 22.4. The Bertz CT molecular complexity index is 830.